The summed E-state index contributed by atoms with van der Waals surface area (Å²) < 4.78 is 16.4. The van der Waals surface area contributed by atoms with Gasteiger partial charge in [-0.3, -0.25) is 0 Å². The first-order valence-corrected chi connectivity index (χ1v) is 9.85. The van der Waals surface area contributed by atoms with E-state index in [9.17, 15) is 4.79 Å². The number of hydrogen-bond donors (Lipinski definition) is 1. The molecule has 31 heavy (non-hydrogen) atoms. The molecule has 158 valence electrons. The van der Waals surface area contributed by atoms with Gasteiger partial charge in [0, 0.05) is 23.2 Å². The highest BCUT2D eigenvalue weighted by Gasteiger charge is 2.31. The second-order valence-electron chi connectivity index (χ2n) is 7.53. The monoisotopic (exact) mass is 417 g/mol. The van der Waals surface area contributed by atoms with Gasteiger partial charge in [-0.25, -0.2) is 9.78 Å². The Morgan fingerprint density at radius 3 is 2.65 bits per heavy atom. The van der Waals surface area contributed by atoms with Gasteiger partial charge in [0.2, 0.25) is 5.88 Å². The van der Waals surface area contributed by atoms with Gasteiger partial charge in [0.1, 0.15) is 12.4 Å². The third-order valence-corrected chi connectivity index (χ3v) is 4.74. The molecule has 1 N–H and O–H groups in total. The van der Waals surface area contributed by atoms with Crippen LogP contribution in [0.2, 0.25) is 0 Å². The summed E-state index contributed by atoms with van der Waals surface area (Å²) in [5, 5.41) is 0.910. The third kappa shape index (κ3) is 4.66. The average molecular weight is 417 g/mol. The molecule has 0 spiro atoms. The summed E-state index contributed by atoms with van der Waals surface area (Å²) in [6.07, 6.45) is 1.67. The molecule has 2 heterocycles. The molecule has 0 fully saturated rings. The van der Waals surface area contributed by atoms with E-state index in [-0.39, 0.29) is 0 Å². The van der Waals surface area contributed by atoms with Gasteiger partial charge < -0.3 is 19.2 Å². The molecule has 0 bridgehead atoms. The third-order valence-electron chi connectivity index (χ3n) is 4.74. The Labute approximate surface area is 180 Å². The molecule has 0 aliphatic rings. The Morgan fingerprint density at radius 1 is 1.06 bits per heavy atom. The summed E-state index contributed by atoms with van der Waals surface area (Å²) in [4.78, 5) is 24.1. The van der Waals surface area contributed by atoms with Crippen LogP contribution in [0.4, 0.5) is 0 Å². The fourth-order valence-corrected chi connectivity index (χ4v) is 3.16. The maximum absolute atomic E-state index is 11.9. The van der Waals surface area contributed by atoms with Crippen LogP contribution in [-0.4, -0.2) is 33.6 Å². The summed E-state index contributed by atoms with van der Waals surface area (Å²) in [6, 6.07) is 19.1. The van der Waals surface area contributed by atoms with Crippen LogP contribution >= 0.6 is 0 Å². The molecule has 4 aromatic rings. The first-order valence-electron chi connectivity index (χ1n) is 9.85. The van der Waals surface area contributed by atoms with E-state index in [1.165, 1.54) is 7.11 Å². The lowest BCUT2D eigenvalue weighted by Crippen LogP contribution is -2.39. The molecule has 7 heteroatoms. The topological polar surface area (TPSA) is 86.3 Å². The van der Waals surface area contributed by atoms with E-state index in [0.717, 1.165) is 22.2 Å². The minimum absolute atomic E-state index is 0.431. The van der Waals surface area contributed by atoms with Crippen LogP contribution in [0, 0.1) is 0 Å². The predicted molar refractivity (Wildman–Crippen MR) is 117 cm³/mol. The minimum atomic E-state index is -1.09. The van der Waals surface area contributed by atoms with E-state index in [1.807, 2.05) is 48.5 Å². The highest BCUT2D eigenvalue weighted by atomic mass is 16.6. The number of carbonyl (C=O) groups is 1. The lowest BCUT2D eigenvalue weighted by Gasteiger charge is -2.23. The highest BCUT2D eigenvalue weighted by Crippen LogP contribution is 2.28. The SMILES string of the molecule is COC(=O)C(C)(C)Oc1ccc2[nH]c(-c3nccc(OCc4ccccc4)n3)cc2c1. The number of benzene rings is 2. The number of aromatic amines is 1. The van der Waals surface area contributed by atoms with Gasteiger partial charge in [0.05, 0.1) is 12.8 Å². The van der Waals surface area contributed by atoms with Crippen LogP contribution in [0.3, 0.4) is 0 Å². The van der Waals surface area contributed by atoms with Gasteiger partial charge in [0.15, 0.2) is 11.4 Å². The molecule has 0 amide bonds. The molecule has 4 rings (SSSR count). The number of nitrogens with one attached hydrogen (secondary N) is 1. The largest absolute Gasteiger partial charge is 0.476 e. The van der Waals surface area contributed by atoms with Crippen molar-refractivity contribution in [1.82, 2.24) is 15.0 Å². The summed E-state index contributed by atoms with van der Waals surface area (Å²) in [6.45, 7) is 3.77. The van der Waals surface area contributed by atoms with Crippen molar-refractivity contribution in [2.75, 3.05) is 7.11 Å². The van der Waals surface area contributed by atoms with Crippen molar-refractivity contribution in [3.8, 4) is 23.1 Å². The van der Waals surface area contributed by atoms with Crippen LogP contribution in [0.1, 0.15) is 19.4 Å². The van der Waals surface area contributed by atoms with Crippen LogP contribution in [0.15, 0.2) is 66.9 Å². The van der Waals surface area contributed by atoms with Gasteiger partial charge >= 0.3 is 5.97 Å². The summed E-state index contributed by atoms with van der Waals surface area (Å²) in [5.41, 5.74) is 1.63. The maximum atomic E-state index is 11.9. The Morgan fingerprint density at radius 2 is 1.87 bits per heavy atom. The normalized spacial score (nSPS) is 11.3. The number of ether oxygens (including phenoxy) is 3. The lowest BCUT2D eigenvalue weighted by atomic mass is 10.1. The number of hydrogen-bond acceptors (Lipinski definition) is 6. The number of fused-ring (bicyclic) bond motifs is 1. The number of aromatic nitrogens is 3. The first kappa shape index (κ1) is 20.4. The quantitative estimate of drug-likeness (QED) is 0.445. The Kier molecular flexibility index (Phi) is 5.58. The van der Waals surface area contributed by atoms with E-state index < -0.39 is 11.6 Å². The number of rotatable bonds is 7. The number of methoxy groups -OCH3 is 1. The summed E-state index contributed by atoms with van der Waals surface area (Å²) in [5.74, 6) is 1.15. The van der Waals surface area contributed by atoms with Crippen LogP contribution < -0.4 is 9.47 Å². The molecule has 0 saturated heterocycles. The van der Waals surface area contributed by atoms with Crippen LogP contribution in [-0.2, 0) is 16.1 Å². The molecule has 0 atom stereocenters. The first-order chi connectivity index (χ1) is 14.9. The molecular weight excluding hydrogens is 394 g/mol. The van der Waals surface area contributed by atoms with Crippen LogP contribution in [0.25, 0.3) is 22.4 Å². The van der Waals surface area contributed by atoms with Crippen molar-refractivity contribution < 1.29 is 19.0 Å². The number of carbonyl (C=O) groups excluding carboxylic acids is 1. The maximum Gasteiger partial charge on any atom is 0.349 e. The zero-order chi connectivity index (χ0) is 21.8. The lowest BCUT2D eigenvalue weighted by molar-refractivity contribution is -0.156. The zero-order valence-electron chi connectivity index (χ0n) is 17.6. The van der Waals surface area contributed by atoms with Gasteiger partial charge in [-0.05, 0) is 43.7 Å². The standard InChI is InChI=1S/C24H23N3O4/c1-24(2,23(28)29-3)31-18-9-10-19-17(13-18)14-20(26-19)22-25-12-11-21(27-22)30-15-16-7-5-4-6-8-16/h4-14,26H,15H2,1-3H3. The van der Waals surface area contributed by atoms with E-state index in [1.54, 1.807) is 32.2 Å². The Bertz CT molecular complexity index is 1200. The predicted octanol–water partition coefficient (Wildman–Crippen LogP) is 4.53. The molecule has 0 radical (unpaired) electrons. The summed E-state index contributed by atoms with van der Waals surface area (Å²) >= 11 is 0. The van der Waals surface area contributed by atoms with Crippen molar-refractivity contribution in [2.24, 2.45) is 0 Å². The molecule has 2 aromatic carbocycles. The second kappa shape index (κ2) is 8.47. The molecule has 0 aliphatic heterocycles. The van der Waals surface area contributed by atoms with Gasteiger partial charge in [-0.1, -0.05) is 30.3 Å². The number of nitrogens with zero attached hydrogens (tertiary/aromatic N) is 2. The van der Waals surface area contributed by atoms with E-state index in [0.29, 0.717) is 24.1 Å². The molecule has 0 unspecified atom stereocenters. The van der Waals surface area contributed by atoms with Crippen molar-refractivity contribution in [3.63, 3.8) is 0 Å². The van der Waals surface area contributed by atoms with E-state index in [2.05, 4.69) is 15.0 Å². The smallest absolute Gasteiger partial charge is 0.349 e. The molecule has 2 aromatic heterocycles. The fourth-order valence-electron chi connectivity index (χ4n) is 3.16. The summed E-state index contributed by atoms with van der Waals surface area (Å²) in [7, 11) is 1.34. The molecule has 7 nitrogen and oxygen atoms in total. The Hall–Kier alpha value is -3.87. The van der Waals surface area contributed by atoms with Crippen LogP contribution in [0.5, 0.6) is 11.6 Å². The van der Waals surface area contributed by atoms with Gasteiger partial charge in [-0.15, -0.1) is 0 Å². The fraction of sp³-hybridized carbons (Fsp3) is 0.208. The minimum Gasteiger partial charge on any atom is -0.476 e. The average Bonchev–Trinajstić information content (AvgIpc) is 3.21. The molecule has 0 saturated carbocycles. The highest BCUT2D eigenvalue weighted by molar-refractivity contribution is 5.86. The van der Waals surface area contributed by atoms with Crippen molar-refractivity contribution in [2.45, 2.75) is 26.1 Å². The second-order valence-corrected chi connectivity index (χ2v) is 7.53. The van der Waals surface area contributed by atoms with Crippen molar-refractivity contribution in [1.29, 1.82) is 0 Å². The van der Waals surface area contributed by atoms with E-state index in [4.69, 9.17) is 14.2 Å². The molecular formula is C24H23N3O4. The zero-order valence-corrected chi connectivity index (χ0v) is 17.6. The Balaban J connectivity index is 1.54. The van der Waals surface area contributed by atoms with Crippen molar-refractivity contribution >= 4 is 16.9 Å². The molecule has 0 aliphatic carbocycles. The van der Waals surface area contributed by atoms with Gasteiger partial charge in [0.25, 0.3) is 0 Å². The number of H-pyrrole nitrogens is 1. The van der Waals surface area contributed by atoms with E-state index >= 15 is 0 Å². The van der Waals surface area contributed by atoms with Gasteiger partial charge in [-0.2, -0.15) is 4.98 Å². The van der Waals surface area contributed by atoms with Crippen molar-refractivity contribution in [3.05, 3.63) is 72.4 Å². The number of esters is 1.